The third kappa shape index (κ3) is 3.03. The monoisotopic (exact) mass is 304 g/mol. The van der Waals surface area contributed by atoms with Crippen molar-refractivity contribution in [1.82, 2.24) is 9.78 Å². The van der Waals surface area contributed by atoms with Gasteiger partial charge in [0.1, 0.15) is 0 Å². The van der Waals surface area contributed by atoms with E-state index >= 15 is 0 Å². The Morgan fingerprint density at radius 3 is 2.71 bits per heavy atom. The van der Waals surface area contributed by atoms with E-state index < -0.39 is 0 Å². The maximum atomic E-state index is 12.2. The van der Waals surface area contributed by atoms with Crippen molar-refractivity contribution >= 4 is 23.0 Å². The highest BCUT2D eigenvalue weighted by molar-refractivity contribution is 6.30. The lowest BCUT2D eigenvalue weighted by Crippen LogP contribution is -2.26. The lowest BCUT2D eigenvalue weighted by molar-refractivity contribution is 0.638. The fourth-order valence-corrected chi connectivity index (χ4v) is 2.76. The molecular weight excluding hydrogens is 288 g/mol. The highest BCUT2D eigenvalue weighted by Gasteiger charge is 2.14. The zero-order valence-electron chi connectivity index (χ0n) is 11.6. The normalized spacial score (nSPS) is 14.6. The molecule has 0 radical (unpaired) electrons. The Morgan fingerprint density at radius 1 is 1.24 bits per heavy atom. The van der Waals surface area contributed by atoms with E-state index in [0.29, 0.717) is 17.3 Å². The molecule has 0 saturated carbocycles. The molecule has 0 amide bonds. The molecule has 0 atom stereocenters. The number of anilines is 2. The molecular formula is C15H17ClN4O. The molecule has 1 fully saturated rings. The van der Waals surface area contributed by atoms with Crippen molar-refractivity contribution in [2.75, 3.05) is 23.7 Å². The van der Waals surface area contributed by atoms with Crippen LogP contribution in [-0.4, -0.2) is 22.9 Å². The van der Waals surface area contributed by atoms with Crippen LogP contribution in [0.15, 0.2) is 35.3 Å². The molecule has 2 N–H and O–H groups in total. The van der Waals surface area contributed by atoms with E-state index in [1.54, 1.807) is 30.5 Å². The molecule has 0 aliphatic carbocycles. The molecule has 1 saturated heterocycles. The molecule has 1 aliphatic rings. The van der Waals surface area contributed by atoms with E-state index in [1.807, 2.05) is 0 Å². The molecule has 6 heteroatoms. The molecule has 0 bridgehead atoms. The summed E-state index contributed by atoms with van der Waals surface area (Å²) < 4.78 is 1.40. The van der Waals surface area contributed by atoms with E-state index in [1.165, 1.54) is 17.5 Å². The highest BCUT2D eigenvalue weighted by atomic mass is 35.5. The van der Waals surface area contributed by atoms with Crippen LogP contribution in [0.4, 0.5) is 11.4 Å². The number of hydrogen-bond donors (Lipinski definition) is 1. The number of aromatic nitrogens is 2. The topological polar surface area (TPSA) is 64.2 Å². The van der Waals surface area contributed by atoms with Crippen molar-refractivity contribution in [3.05, 3.63) is 51.4 Å². The molecule has 1 aliphatic heterocycles. The first kappa shape index (κ1) is 13.9. The van der Waals surface area contributed by atoms with Crippen molar-refractivity contribution in [3.63, 3.8) is 0 Å². The molecule has 3 rings (SSSR count). The minimum Gasteiger partial charge on any atom is -0.398 e. The first-order valence-electron chi connectivity index (χ1n) is 6.99. The minimum atomic E-state index is -0.126. The van der Waals surface area contributed by atoms with Gasteiger partial charge in [-0.15, -0.1) is 0 Å². The number of nitrogens with two attached hydrogens (primary N) is 1. The first-order valence-corrected chi connectivity index (χ1v) is 7.37. The Labute approximate surface area is 127 Å². The maximum absolute atomic E-state index is 12.2. The standard InChI is InChI=1S/C15H17ClN4O/c16-12-3-4-14(17)11(7-12)10-20-15(21)8-13(9-18-20)19-5-1-2-6-19/h3-4,7-9H,1-2,5-6,10,17H2. The maximum Gasteiger partial charge on any atom is 0.269 e. The van der Waals surface area contributed by atoms with Gasteiger partial charge >= 0.3 is 0 Å². The number of benzene rings is 1. The second-order valence-corrected chi connectivity index (χ2v) is 5.68. The quantitative estimate of drug-likeness (QED) is 0.882. The van der Waals surface area contributed by atoms with Gasteiger partial charge in [0.15, 0.2) is 0 Å². The summed E-state index contributed by atoms with van der Waals surface area (Å²) in [5.41, 5.74) is 8.08. The van der Waals surface area contributed by atoms with Crippen molar-refractivity contribution in [2.24, 2.45) is 0 Å². The molecule has 0 spiro atoms. The van der Waals surface area contributed by atoms with Crippen LogP contribution in [0.3, 0.4) is 0 Å². The summed E-state index contributed by atoms with van der Waals surface area (Å²) in [6.45, 7) is 2.31. The highest BCUT2D eigenvalue weighted by Crippen LogP contribution is 2.19. The van der Waals surface area contributed by atoms with Gasteiger partial charge in [-0.3, -0.25) is 4.79 Å². The zero-order valence-corrected chi connectivity index (χ0v) is 12.4. The van der Waals surface area contributed by atoms with Crippen LogP contribution >= 0.6 is 11.6 Å². The Kier molecular flexibility index (Phi) is 3.84. The van der Waals surface area contributed by atoms with Crippen LogP contribution in [0, 0.1) is 0 Å². The van der Waals surface area contributed by atoms with Crippen LogP contribution in [-0.2, 0) is 6.54 Å². The minimum absolute atomic E-state index is 0.126. The second-order valence-electron chi connectivity index (χ2n) is 5.25. The van der Waals surface area contributed by atoms with Gasteiger partial charge in [-0.05, 0) is 36.6 Å². The summed E-state index contributed by atoms with van der Waals surface area (Å²) in [6, 6.07) is 6.87. The summed E-state index contributed by atoms with van der Waals surface area (Å²) in [5, 5.41) is 4.85. The van der Waals surface area contributed by atoms with Crippen LogP contribution in [0.1, 0.15) is 18.4 Å². The molecule has 1 aromatic heterocycles. The second kappa shape index (κ2) is 5.77. The van der Waals surface area contributed by atoms with Crippen LogP contribution in [0.2, 0.25) is 5.02 Å². The molecule has 5 nitrogen and oxygen atoms in total. The number of halogens is 1. The van der Waals surface area contributed by atoms with Crippen molar-refractivity contribution in [2.45, 2.75) is 19.4 Å². The largest absolute Gasteiger partial charge is 0.398 e. The Bertz CT molecular complexity index is 707. The zero-order chi connectivity index (χ0) is 14.8. The summed E-state index contributed by atoms with van der Waals surface area (Å²) in [7, 11) is 0. The molecule has 0 unspecified atom stereocenters. The SMILES string of the molecule is Nc1ccc(Cl)cc1Cn1ncc(N2CCCC2)cc1=O. The molecule has 2 aromatic rings. The summed E-state index contributed by atoms with van der Waals surface area (Å²) in [4.78, 5) is 14.4. The van der Waals surface area contributed by atoms with Gasteiger partial charge in [-0.2, -0.15) is 5.10 Å². The molecule has 110 valence electrons. The van der Waals surface area contributed by atoms with Crippen LogP contribution < -0.4 is 16.2 Å². The fraction of sp³-hybridized carbons (Fsp3) is 0.333. The van der Waals surface area contributed by atoms with Gasteiger partial charge in [-0.25, -0.2) is 4.68 Å². The van der Waals surface area contributed by atoms with Crippen molar-refractivity contribution in [3.8, 4) is 0 Å². The average molecular weight is 305 g/mol. The van der Waals surface area contributed by atoms with E-state index in [0.717, 1.165) is 24.3 Å². The van der Waals surface area contributed by atoms with Gasteiger partial charge in [0, 0.05) is 29.9 Å². The van der Waals surface area contributed by atoms with Gasteiger partial charge in [-0.1, -0.05) is 11.6 Å². The van der Waals surface area contributed by atoms with Gasteiger partial charge in [0.25, 0.3) is 5.56 Å². The van der Waals surface area contributed by atoms with Gasteiger partial charge in [0.2, 0.25) is 0 Å². The number of nitrogens with zero attached hydrogens (tertiary/aromatic N) is 3. The van der Waals surface area contributed by atoms with Gasteiger partial charge < -0.3 is 10.6 Å². The molecule has 1 aromatic carbocycles. The fourth-order valence-electron chi connectivity index (χ4n) is 2.56. The Hall–Kier alpha value is -2.01. The summed E-state index contributed by atoms with van der Waals surface area (Å²) in [5.74, 6) is 0. The van der Waals surface area contributed by atoms with Crippen LogP contribution in [0.5, 0.6) is 0 Å². The predicted octanol–water partition coefficient (Wildman–Crippen LogP) is 2.13. The van der Waals surface area contributed by atoms with Crippen LogP contribution in [0.25, 0.3) is 0 Å². The third-order valence-electron chi connectivity index (χ3n) is 3.75. The van der Waals surface area contributed by atoms with E-state index in [-0.39, 0.29) is 5.56 Å². The smallest absolute Gasteiger partial charge is 0.269 e. The molecule has 2 heterocycles. The Balaban J connectivity index is 1.86. The van der Waals surface area contributed by atoms with Crippen molar-refractivity contribution < 1.29 is 0 Å². The predicted molar refractivity (Wildman–Crippen MR) is 84.9 cm³/mol. The average Bonchev–Trinajstić information content (AvgIpc) is 2.99. The lowest BCUT2D eigenvalue weighted by Gasteiger charge is -2.17. The van der Waals surface area contributed by atoms with E-state index in [2.05, 4.69) is 10.00 Å². The summed E-state index contributed by atoms with van der Waals surface area (Å²) in [6.07, 6.45) is 4.08. The van der Waals surface area contributed by atoms with Crippen molar-refractivity contribution in [1.29, 1.82) is 0 Å². The number of nitrogen functional groups attached to an aromatic ring is 1. The van der Waals surface area contributed by atoms with Gasteiger partial charge in [0.05, 0.1) is 18.4 Å². The number of hydrogen-bond acceptors (Lipinski definition) is 4. The lowest BCUT2D eigenvalue weighted by atomic mass is 10.2. The first-order chi connectivity index (χ1) is 10.1. The number of rotatable bonds is 3. The third-order valence-corrected chi connectivity index (χ3v) is 3.99. The van der Waals surface area contributed by atoms with E-state index in [9.17, 15) is 4.79 Å². The van der Waals surface area contributed by atoms with E-state index in [4.69, 9.17) is 17.3 Å². The molecule has 21 heavy (non-hydrogen) atoms. The summed E-state index contributed by atoms with van der Waals surface area (Å²) >= 11 is 5.96. The Morgan fingerprint density at radius 2 is 2.00 bits per heavy atom.